The molecule has 6 heteroatoms. The molecule has 0 N–H and O–H groups in total. The number of ketones is 1. The molecule has 0 fully saturated rings. The maximum Gasteiger partial charge on any atom is 0.313 e. The summed E-state index contributed by atoms with van der Waals surface area (Å²) in [6.45, 7) is 0. The lowest BCUT2D eigenvalue weighted by molar-refractivity contribution is -0.385. The van der Waals surface area contributed by atoms with Crippen molar-refractivity contribution in [2.45, 2.75) is 0 Å². The van der Waals surface area contributed by atoms with Gasteiger partial charge < -0.3 is 4.74 Å². The first kappa shape index (κ1) is 13.0. The Hall–Kier alpha value is -3.02. The van der Waals surface area contributed by atoms with Crippen molar-refractivity contribution in [3.8, 4) is 5.75 Å². The summed E-state index contributed by atoms with van der Waals surface area (Å²) in [4.78, 5) is 27.1. The van der Waals surface area contributed by atoms with E-state index in [1.807, 2.05) is 6.07 Å². The second-order valence-corrected chi connectivity index (χ2v) is 4.45. The number of nitro benzene ring substituents is 1. The molecule has 0 atom stereocenters. The smallest absolute Gasteiger partial charge is 0.313 e. The number of nitrogens with zero attached hydrogens (tertiary/aromatic N) is 2. The van der Waals surface area contributed by atoms with Gasteiger partial charge in [-0.3, -0.25) is 14.9 Å². The van der Waals surface area contributed by atoms with E-state index in [9.17, 15) is 14.9 Å². The largest absolute Gasteiger partial charge is 0.490 e. The molecule has 0 amide bonds. The fourth-order valence-corrected chi connectivity index (χ4v) is 2.23. The predicted molar refractivity (Wildman–Crippen MR) is 76.6 cm³/mol. The zero-order valence-electron chi connectivity index (χ0n) is 11.1. The maximum absolute atomic E-state index is 12.4. The van der Waals surface area contributed by atoms with Gasteiger partial charge in [0.15, 0.2) is 5.75 Å². The van der Waals surface area contributed by atoms with E-state index in [-0.39, 0.29) is 22.9 Å². The number of methoxy groups -OCH3 is 1. The van der Waals surface area contributed by atoms with Crippen LogP contribution in [0.5, 0.6) is 5.75 Å². The van der Waals surface area contributed by atoms with E-state index in [0.717, 1.165) is 0 Å². The monoisotopic (exact) mass is 282 g/mol. The lowest BCUT2D eigenvalue weighted by Gasteiger charge is -2.03. The fraction of sp³-hybridized carbons (Fsp3) is 0.0667. The first-order chi connectivity index (χ1) is 10.1. The second kappa shape index (κ2) is 4.82. The summed E-state index contributed by atoms with van der Waals surface area (Å²) in [6, 6.07) is 11.6. The quantitative estimate of drug-likeness (QED) is 0.640. The fourth-order valence-electron chi connectivity index (χ4n) is 2.23. The van der Waals surface area contributed by atoms with Crippen molar-refractivity contribution in [2.24, 2.45) is 4.99 Å². The first-order valence-corrected chi connectivity index (χ1v) is 6.17. The van der Waals surface area contributed by atoms with Crippen LogP contribution >= 0.6 is 0 Å². The topological polar surface area (TPSA) is 81.8 Å². The summed E-state index contributed by atoms with van der Waals surface area (Å²) in [7, 11) is 1.33. The standard InChI is InChI=1S/C15H10N2O4/c1-21-13-7-10-11(8-12(13)17(19)20)16-14(15(10)18)9-5-3-2-4-6-9/h2-8H,1H3. The van der Waals surface area contributed by atoms with E-state index in [0.29, 0.717) is 16.8 Å². The van der Waals surface area contributed by atoms with Crippen molar-refractivity contribution < 1.29 is 14.5 Å². The average Bonchev–Trinajstić information content (AvgIpc) is 2.83. The summed E-state index contributed by atoms with van der Waals surface area (Å²) >= 11 is 0. The summed E-state index contributed by atoms with van der Waals surface area (Å²) in [6.07, 6.45) is 0. The molecule has 2 aromatic carbocycles. The van der Waals surface area contributed by atoms with Crippen molar-refractivity contribution in [1.82, 2.24) is 0 Å². The third-order valence-corrected chi connectivity index (χ3v) is 3.23. The molecule has 104 valence electrons. The Labute approximate surface area is 119 Å². The molecule has 0 spiro atoms. The van der Waals surface area contributed by atoms with Crippen LogP contribution in [0.4, 0.5) is 11.4 Å². The number of benzene rings is 2. The van der Waals surface area contributed by atoms with Gasteiger partial charge in [-0.1, -0.05) is 30.3 Å². The number of carbonyl (C=O) groups excluding carboxylic acids is 1. The highest BCUT2D eigenvalue weighted by Crippen LogP contribution is 2.38. The minimum atomic E-state index is -0.556. The van der Waals surface area contributed by atoms with Crippen molar-refractivity contribution >= 4 is 22.9 Å². The number of hydrogen-bond donors (Lipinski definition) is 0. The van der Waals surface area contributed by atoms with Gasteiger partial charge in [0.2, 0.25) is 5.78 Å². The van der Waals surface area contributed by atoms with Gasteiger partial charge in [-0.25, -0.2) is 4.99 Å². The second-order valence-electron chi connectivity index (χ2n) is 4.45. The number of hydrogen-bond acceptors (Lipinski definition) is 5. The molecule has 0 radical (unpaired) electrons. The third kappa shape index (κ3) is 2.06. The molecule has 1 heterocycles. The number of Topliss-reactive ketones (excluding diaryl/α,β-unsaturated/α-hetero) is 1. The maximum atomic E-state index is 12.4. The molecule has 0 aromatic heterocycles. The lowest BCUT2D eigenvalue weighted by atomic mass is 10.0. The molecule has 0 saturated heterocycles. The van der Waals surface area contributed by atoms with Gasteiger partial charge in [-0.2, -0.15) is 0 Å². The van der Waals surface area contributed by atoms with Crippen LogP contribution in [0.15, 0.2) is 47.5 Å². The third-order valence-electron chi connectivity index (χ3n) is 3.23. The lowest BCUT2D eigenvalue weighted by Crippen LogP contribution is -2.10. The molecule has 0 unspecified atom stereocenters. The summed E-state index contributed by atoms with van der Waals surface area (Å²) < 4.78 is 4.98. The zero-order chi connectivity index (χ0) is 15.0. The van der Waals surface area contributed by atoms with Crippen LogP contribution in [0.1, 0.15) is 15.9 Å². The minimum absolute atomic E-state index is 0.0524. The highest BCUT2D eigenvalue weighted by molar-refractivity contribution is 6.55. The van der Waals surface area contributed by atoms with Crippen molar-refractivity contribution in [1.29, 1.82) is 0 Å². The first-order valence-electron chi connectivity index (χ1n) is 6.17. The van der Waals surface area contributed by atoms with Gasteiger partial charge in [-0.05, 0) is 0 Å². The van der Waals surface area contributed by atoms with Crippen LogP contribution in [0, 0.1) is 10.1 Å². The van der Waals surface area contributed by atoms with Gasteiger partial charge in [0.25, 0.3) is 0 Å². The van der Waals surface area contributed by atoms with E-state index in [4.69, 9.17) is 4.74 Å². The minimum Gasteiger partial charge on any atom is -0.490 e. The van der Waals surface area contributed by atoms with Crippen LogP contribution in [-0.4, -0.2) is 23.5 Å². The summed E-state index contributed by atoms with van der Waals surface area (Å²) in [5, 5.41) is 11.0. The highest BCUT2D eigenvalue weighted by atomic mass is 16.6. The van der Waals surface area contributed by atoms with Gasteiger partial charge in [0.1, 0.15) is 5.71 Å². The molecule has 0 saturated carbocycles. The van der Waals surface area contributed by atoms with Gasteiger partial charge in [0, 0.05) is 17.7 Å². The number of carbonyl (C=O) groups is 1. The van der Waals surface area contributed by atoms with E-state index in [1.54, 1.807) is 24.3 Å². The van der Waals surface area contributed by atoms with E-state index < -0.39 is 4.92 Å². The van der Waals surface area contributed by atoms with Crippen molar-refractivity contribution in [3.63, 3.8) is 0 Å². The van der Waals surface area contributed by atoms with E-state index in [2.05, 4.69) is 4.99 Å². The number of nitro groups is 1. The SMILES string of the molecule is COc1cc2c(cc1[N+](=O)[O-])N=C(c1ccccc1)C2=O. The van der Waals surface area contributed by atoms with Crippen molar-refractivity contribution in [2.75, 3.05) is 7.11 Å². The molecule has 0 bridgehead atoms. The molecule has 6 nitrogen and oxygen atoms in total. The Morgan fingerprint density at radius 3 is 2.52 bits per heavy atom. The van der Waals surface area contributed by atoms with E-state index >= 15 is 0 Å². The van der Waals surface area contributed by atoms with E-state index in [1.165, 1.54) is 19.2 Å². The Balaban J connectivity index is 2.14. The molecular weight excluding hydrogens is 272 g/mol. The molecule has 2 aromatic rings. The number of aliphatic imine (C=N–C) groups is 1. The number of rotatable bonds is 3. The Morgan fingerprint density at radius 2 is 1.90 bits per heavy atom. The van der Waals surface area contributed by atoms with Crippen LogP contribution in [0.25, 0.3) is 0 Å². The molecule has 1 aliphatic rings. The average molecular weight is 282 g/mol. The van der Waals surface area contributed by atoms with Crippen molar-refractivity contribution in [3.05, 3.63) is 63.7 Å². The van der Waals surface area contributed by atoms with Gasteiger partial charge >= 0.3 is 5.69 Å². The van der Waals surface area contributed by atoms with Gasteiger partial charge in [-0.15, -0.1) is 0 Å². The molecule has 3 rings (SSSR count). The summed E-state index contributed by atoms with van der Waals surface area (Å²) in [5.41, 5.74) is 1.37. The van der Waals surface area contributed by atoms with Gasteiger partial charge in [0.05, 0.1) is 23.3 Å². The highest BCUT2D eigenvalue weighted by Gasteiger charge is 2.30. The number of ether oxygens (including phenoxy) is 1. The number of fused-ring (bicyclic) bond motifs is 1. The van der Waals surface area contributed by atoms with Crippen LogP contribution in [0.3, 0.4) is 0 Å². The Morgan fingerprint density at radius 1 is 1.19 bits per heavy atom. The molecule has 1 aliphatic heterocycles. The summed E-state index contributed by atoms with van der Waals surface area (Å²) in [5.74, 6) is -0.207. The Kier molecular flexibility index (Phi) is 2.98. The molecule has 21 heavy (non-hydrogen) atoms. The molecule has 0 aliphatic carbocycles. The normalized spacial score (nSPS) is 12.8. The van der Waals surface area contributed by atoms with Crippen LogP contribution < -0.4 is 4.74 Å². The Bertz CT molecular complexity index is 782. The van der Waals surface area contributed by atoms with Crippen LogP contribution in [-0.2, 0) is 0 Å². The predicted octanol–water partition coefficient (Wildman–Crippen LogP) is 2.92. The molecular formula is C15H10N2O4. The zero-order valence-corrected chi connectivity index (χ0v) is 11.1. The van der Waals surface area contributed by atoms with Crippen LogP contribution in [0.2, 0.25) is 0 Å².